The third kappa shape index (κ3) is 1.54. The minimum atomic E-state index is -0.0106. The number of fused-ring (bicyclic) bond motifs is 1. The number of rotatable bonds is 1. The van der Waals surface area contributed by atoms with E-state index in [0.717, 1.165) is 10.4 Å². The number of anilines is 1. The molecule has 0 aliphatic heterocycles. The van der Waals surface area contributed by atoms with E-state index in [0.29, 0.717) is 10.6 Å². The largest absolute Gasteiger partial charge is 0.822 e. The highest BCUT2D eigenvalue weighted by Crippen LogP contribution is 2.35. The number of nitrogen functional groups attached to an aromatic ring is 1. The van der Waals surface area contributed by atoms with Crippen LogP contribution in [0.2, 0.25) is 0 Å². The first-order valence-corrected chi connectivity index (χ1v) is 6.04. The van der Waals surface area contributed by atoms with Gasteiger partial charge in [-0.05, 0) is 12.1 Å². The summed E-state index contributed by atoms with van der Waals surface area (Å²) in [6, 6.07) is 13.1. The molecule has 2 aromatic heterocycles. The lowest BCUT2D eigenvalue weighted by Gasteiger charge is -2.04. The molecule has 0 unspecified atom stereocenters. The van der Waals surface area contributed by atoms with E-state index >= 15 is 0 Å². The normalized spacial score (nSPS) is 10.8. The van der Waals surface area contributed by atoms with Gasteiger partial charge in [0.25, 0.3) is 4.83 Å². The lowest BCUT2D eigenvalue weighted by molar-refractivity contribution is -0.580. The standard InChI is InChI=1S/C13H10N2OS/c14-10-6-2-1-5-9(10)12-13(16)15-8-4-3-7-11(15)17-12/h1-8H,14H2. The van der Waals surface area contributed by atoms with Crippen LogP contribution in [0.3, 0.4) is 0 Å². The monoisotopic (exact) mass is 242 g/mol. The van der Waals surface area contributed by atoms with E-state index in [1.807, 2.05) is 42.5 Å². The van der Waals surface area contributed by atoms with E-state index < -0.39 is 0 Å². The van der Waals surface area contributed by atoms with E-state index in [1.165, 1.54) is 11.3 Å². The minimum absolute atomic E-state index is 0.0106. The Morgan fingerprint density at radius 2 is 1.82 bits per heavy atom. The molecule has 3 rings (SSSR count). The Morgan fingerprint density at radius 3 is 2.59 bits per heavy atom. The van der Waals surface area contributed by atoms with Crippen molar-refractivity contribution in [1.82, 2.24) is 0 Å². The van der Waals surface area contributed by atoms with Gasteiger partial charge in [-0.15, -0.1) is 0 Å². The van der Waals surface area contributed by atoms with Gasteiger partial charge < -0.3 is 10.8 Å². The number of aromatic nitrogens is 1. The van der Waals surface area contributed by atoms with Gasteiger partial charge in [0.2, 0.25) is 0 Å². The number of hydrogen-bond acceptors (Lipinski definition) is 3. The van der Waals surface area contributed by atoms with Crippen LogP contribution in [0.25, 0.3) is 15.3 Å². The Bertz CT molecular complexity index is 691. The summed E-state index contributed by atoms with van der Waals surface area (Å²) < 4.78 is 1.65. The van der Waals surface area contributed by atoms with Crippen LogP contribution in [-0.2, 0) is 0 Å². The van der Waals surface area contributed by atoms with Crippen LogP contribution in [0, 0.1) is 0 Å². The van der Waals surface area contributed by atoms with Crippen LogP contribution in [0.1, 0.15) is 0 Å². The van der Waals surface area contributed by atoms with E-state index in [2.05, 4.69) is 0 Å². The van der Waals surface area contributed by atoms with Crippen LogP contribution in [0.15, 0.2) is 48.7 Å². The smallest absolute Gasteiger partial charge is 0.267 e. The quantitative estimate of drug-likeness (QED) is 0.522. The Kier molecular flexibility index (Phi) is 2.23. The molecule has 0 saturated heterocycles. The Hall–Kier alpha value is -2.07. The fourth-order valence-corrected chi connectivity index (χ4v) is 2.89. The Morgan fingerprint density at radius 1 is 1.06 bits per heavy atom. The molecule has 2 N–H and O–H groups in total. The van der Waals surface area contributed by atoms with Crippen LogP contribution in [0.4, 0.5) is 5.69 Å². The number of nitrogens with two attached hydrogens (primary N) is 1. The molecule has 0 fully saturated rings. The molecule has 1 aromatic carbocycles. The highest BCUT2D eigenvalue weighted by atomic mass is 32.1. The first-order chi connectivity index (χ1) is 8.27. The zero-order chi connectivity index (χ0) is 11.8. The average molecular weight is 242 g/mol. The van der Waals surface area contributed by atoms with Crippen molar-refractivity contribution in [2.24, 2.45) is 0 Å². The van der Waals surface area contributed by atoms with E-state index in [4.69, 9.17) is 5.73 Å². The van der Waals surface area contributed by atoms with Gasteiger partial charge in [-0.1, -0.05) is 29.5 Å². The fourth-order valence-electron chi connectivity index (χ4n) is 1.81. The number of hydrogen-bond donors (Lipinski definition) is 1. The molecular formula is C13H10N2OS. The van der Waals surface area contributed by atoms with E-state index in [9.17, 15) is 5.11 Å². The molecule has 3 aromatic rings. The molecule has 0 spiro atoms. The van der Waals surface area contributed by atoms with Crippen molar-refractivity contribution in [2.45, 2.75) is 0 Å². The third-order valence-corrected chi connectivity index (χ3v) is 3.79. The summed E-state index contributed by atoms with van der Waals surface area (Å²) >= 11 is 1.46. The van der Waals surface area contributed by atoms with Crippen LogP contribution >= 0.6 is 11.3 Å². The number of pyridine rings is 1. The van der Waals surface area contributed by atoms with Gasteiger partial charge in [0.15, 0.2) is 12.1 Å². The second-order valence-electron chi connectivity index (χ2n) is 3.73. The number of para-hydroxylation sites is 1. The molecule has 84 valence electrons. The first-order valence-electron chi connectivity index (χ1n) is 5.22. The molecule has 4 heteroatoms. The first kappa shape index (κ1) is 10.1. The van der Waals surface area contributed by atoms with Gasteiger partial charge in [-0.2, -0.15) is 4.40 Å². The zero-order valence-electron chi connectivity index (χ0n) is 8.96. The van der Waals surface area contributed by atoms with Gasteiger partial charge in [0, 0.05) is 23.4 Å². The summed E-state index contributed by atoms with van der Waals surface area (Å²) in [5, 5.41) is 12.2. The van der Waals surface area contributed by atoms with Crippen molar-refractivity contribution >= 4 is 21.9 Å². The molecule has 0 aliphatic carbocycles. The van der Waals surface area contributed by atoms with Gasteiger partial charge in [-0.25, -0.2) is 0 Å². The maximum absolute atomic E-state index is 12.2. The summed E-state index contributed by atoms with van der Waals surface area (Å²) in [7, 11) is 0. The number of nitrogens with zero attached hydrogens (tertiary/aromatic N) is 1. The minimum Gasteiger partial charge on any atom is -0.822 e. The lowest BCUT2D eigenvalue weighted by Crippen LogP contribution is -2.22. The molecule has 3 nitrogen and oxygen atoms in total. The maximum atomic E-state index is 12.2. The molecule has 2 heterocycles. The summed E-state index contributed by atoms with van der Waals surface area (Å²) in [5.74, 6) is -0.0106. The molecule has 0 radical (unpaired) electrons. The molecule has 0 bridgehead atoms. The van der Waals surface area contributed by atoms with E-state index in [-0.39, 0.29) is 5.88 Å². The van der Waals surface area contributed by atoms with Crippen molar-refractivity contribution in [1.29, 1.82) is 0 Å². The molecule has 0 atom stereocenters. The Balaban J connectivity index is 2.32. The predicted octanol–water partition coefficient (Wildman–Crippen LogP) is 1.81. The molecule has 0 aliphatic rings. The SMILES string of the molecule is Nc1ccccc1-c1sc2cccc[n+]2c1[O-]. The van der Waals surface area contributed by atoms with E-state index in [1.54, 1.807) is 10.6 Å². The second kappa shape index (κ2) is 3.75. The summed E-state index contributed by atoms with van der Waals surface area (Å²) in [4.78, 5) is 1.62. The van der Waals surface area contributed by atoms with Crippen molar-refractivity contribution in [3.8, 4) is 16.3 Å². The van der Waals surface area contributed by atoms with Crippen molar-refractivity contribution in [3.05, 3.63) is 48.7 Å². The van der Waals surface area contributed by atoms with Gasteiger partial charge >= 0.3 is 0 Å². The molecular weight excluding hydrogens is 232 g/mol. The predicted molar refractivity (Wildman–Crippen MR) is 66.8 cm³/mol. The van der Waals surface area contributed by atoms with Crippen molar-refractivity contribution in [2.75, 3.05) is 5.73 Å². The molecule has 17 heavy (non-hydrogen) atoms. The van der Waals surface area contributed by atoms with Crippen molar-refractivity contribution in [3.63, 3.8) is 0 Å². The van der Waals surface area contributed by atoms with Crippen LogP contribution in [0.5, 0.6) is 5.88 Å². The molecule has 0 amide bonds. The van der Waals surface area contributed by atoms with Crippen LogP contribution in [-0.4, -0.2) is 0 Å². The third-order valence-electron chi connectivity index (χ3n) is 2.65. The highest BCUT2D eigenvalue weighted by Gasteiger charge is 2.15. The lowest BCUT2D eigenvalue weighted by atomic mass is 10.1. The number of thiazole rings is 1. The average Bonchev–Trinajstić information content (AvgIpc) is 2.68. The van der Waals surface area contributed by atoms with Crippen LogP contribution < -0.4 is 15.2 Å². The number of benzene rings is 1. The van der Waals surface area contributed by atoms with Gasteiger partial charge in [0.05, 0.1) is 0 Å². The van der Waals surface area contributed by atoms with Gasteiger partial charge in [-0.3, -0.25) is 0 Å². The molecule has 0 saturated carbocycles. The maximum Gasteiger partial charge on any atom is 0.267 e. The highest BCUT2D eigenvalue weighted by molar-refractivity contribution is 7.20. The van der Waals surface area contributed by atoms with Gasteiger partial charge in [0.1, 0.15) is 4.88 Å². The summed E-state index contributed by atoms with van der Waals surface area (Å²) in [6.07, 6.45) is 1.77. The topological polar surface area (TPSA) is 53.2 Å². The summed E-state index contributed by atoms with van der Waals surface area (Å²) in [5.41, 5.74) is 7.35. The zero-order valence-corrected chi connectivity index (χ0v) is 9.78. The second-order valence-corrected chi connectivity index (χ2v) is 4.76. The van der Waals surface area contributed by atoms with Crippen molar-refractivity contribution < 1.29 is 9.51 Å². The summed E-state index contributed by atoms with van der Waals surface area (Å²) in [6.45, 7) is 0. The Labute approximate surface area is 102 Å². The fraction of sp³-hybridized carbons (Fsp3) is 0.